The van der Waals surface area contributed by atoms with Gasteiger partial charge in [0.25, 0.3) is 11.8 Å². The summed E-state index contributed by atoms with van der Waals surface area (Å²) in [4.78, 5) is 36.9. The van der Waals surface area contributed by atoms with Crippen molar-refractivity contribution >= 4 is 40.2 Å². The number of primary amides is 1. The molecule has 0 bridgehead atoms. The number of anilines is 1. The number of carbonyl (C=O) groups is 3. The van der Waals surface area contributed by atoms with Crippen molar-refractivity contribution in [2.75, 3.05) is 11.9 Å². The lowest BCUT2D eigenvalue weighted by Crippen LogP contribution is -2.22. The zero-order valence-corrected chi connectivity index (χ0v) is 16.7. The van der Waals surface area contributed by atoms with Gasteiger partial charge in [-0.15, -0.1) is 11.3 Å². The van der Waals surface area contributed by atoms with Crippen molar-refractivity contribution in [3.05, 3.63) is 57.7 Å². The van der Waals surface area contributed by atoms with Crippen LogP contribution in [-0.2, 0) is 27.2 Å². The van der Waals surface area contributed by atoms with Crippen LogP contribution in [-0.4, -0.2) is 24.4 Å². The first-order chi connectivity index (χ1) is 13.8. The number of hydrogen-bond acceptors (Lipinski definition) is 5. The fraction of sp³-hybridized carbons (Fsp3) is 0.286. The fourth-order valence-corrected chi connectivity index (χ4v) is 4.65. The zero-order chi connectivity index (χ0) is 21.0. The molecule has 0 aliphatic heterocycles. The molecular weight excluding hydrogens is 395 g/mol. The van der Waals surface area contributed by atoms with E-state index in [1.165, 1.54) is 35.6 Å². The maximum Gasteiger partial charge on any atom is 0.331 e. The van der Waals surface area contributed by atoms with E-state index in [-0.39, 0.29) is 0 Å². The summed E-state index contributed by atoms with van der Waals surface area (Å²) in [5.41, 5.74) is 7.27. The standard InChI is InChI=1S/C21H21FN2O4S/c1-12-5-7-15-16(9-12)29-21(19(15)20(23)27)24-17(25)11-28-18(26)8-6-13-3-2-4-14(22)10-13/h2-4,6,8,10,12H,5,7,9,11H2,1H3,(H2,23,27)(H,24,25)/b8-6+/t12-/m0/s1. The van der Waals surface area contributed by atoms with Crippen LogP contribution in [0.4, 0.5) is 9.39 Å². The van der Waals surface area contributed by atoms with Crippen LogP contribution in [0.25, 0.3) is 6.08 Å². The number of benzene rings is 1. The van der Waals surface area contributed by atoms with Crippen LogP contribution in [0, 0.1) is 11.7 Å². The molecule has 1 aliphatic carbocycles. The summed E-state index contributed by atoms with van der Waals surface area (Å²) in [6, 6.07) is 5.71. The number of rotatable bonds is 6. The Morgan fingerprint density at radius 3 is 2.90 bits per heavy atom. The van der Waals surface area contributed by atoms with Crippen LogP contribution in [0.5, 0.6) is 0 Å². The Balaban J connectivity index is 1.59. The lowest BCUT2D eigenvalue weighted by Gasteiger charge is -2.18. The van der Waals surface area contributed by atoms with E-state index in [4.69, 9.17) is 10.5 Å². The summed E-state index contributed by atoms with van der Waals surface area (Å²) in [5, 5.41) is 3.02. The lowest BCUT2D eigenvalue weighted by atomic mass is 9.88. The second-order valence-electron chi connectivity index (χ2n) is 6.96. The van der Waals surface area contributed by atoms with Gasteiger partial charge in [-0.05, 0) is 54.5 Å². The highest BCUT2D eigenvalue weighted by Crippen LogP contribution is 2.39. The molecule has 1 atom stereocenters. The molecule has 2 amide bonds. The van der Waals surface area contributed by atoms with Crippen molar-refractivity contribution in [1.82, 2.24) is 0 Å². The maximum absolute atomic E-state index is 13.1. The van der Waals surface area contributed by atoms with Gasteiger partial charge >= 0.3 is 5.97 Å². The highest BCUT2D eigenvalue weighted by Gasteiger charge is 2.27. The molecule has 1 aromatic heterocycles. The quantitative estimate of drug-likeness (QED) is 0.558. The molecule has 2 aromatic rings. The predicted molar refractivity (Wildman–Crippen MR) is 109 cm³/mol. The molecule has 1 heterocycles. The molecule has 29 heavy (non-hydrogen) atoms. The summed E-state index contributed by atoms with van der Waals surface area (Å²) >= 11 is 1.34. The second kappa shape index (κ2) is 9.00. The van der Waals surface area contributed by atoms with Crippen LogP contribution in [0.2, 0.25) is 0 Å². The molecule has 1 aromatic carbocycles. The van der Waals surface area contributed by atoms with Gasteiger partial charge < -0.3 is 15.8 Å². The SMILES string of the molecule is C[C@H]1CCc2c(sc(NC(=O)COC(=O)/C=C/c3cccc(F)c3)c2C(N)=O)C1. The van der Waals surface area contributed by atoms with Gasteiger partial charge in [-0.1, -0.05) is 19.1 Å². The average Bonchev–Trinajstić information content (AvgIpc) is 3.01. The smallest absolute Gasteiger partial charge is 0.331 e. The van der Waals surface area contributed by atoms with Gasteiger partial charge in [-0.25, -0.2) is 9.18 Å². The molecular formula is C21H21FN2O4S. The van der Waals surface area contributed by atoms with E-state index < -0.39 is 30.2 Å². The average molecular weight is 416 g/mol. The topological polar surface area (TPSA) is 98.5 Å². The fourth-order valence-electron chi connectivity index (χ4n) is 3.22. The third-order valence-corrected chi connectivity index (χ3v) is 5.79. The Morgan fingerprint density at radius 1 is 1.38 bits per heavy atom. The monoisotopic (exact) mass is 416 g/mol. The Bertz CT molecular complexity index is 983. The van der Waals surface area contributed by atoms with E-state index in [1.54, 1.807) is 6.07 Å². The minimum absolute atomic E-state index is 0.350. The van der Waals surface area contributed by atoms with Crippen LogP contribution in [0.1, 0.15) is 39.7 Å². The highest BCUT2D eigenvalue weighted by molar-refractivity contribution is 7.17. The summed E-state index contributed by atoms with van der Waals surface area (Å²) in [6.45, 7) is 1.63. The summed E-state index contributed by atoms with van der Waals surface area (Å²) < 4.78 is 18.0. The Morgan fingerprint density at radius 2 is 2.17 bits per heavy atom. The number of carbonyl (C=O) groups excluding carboxylic acids is 3. The second-order valence-corrected chi connectivity index (χ2v) is 8.07. The maximum atomic E-state index is 13.1. The van der Waals surface area contributed by atoms with Crippen molar-refractivity contribution in [1.29, 1.82) is 0 Å². The molecule has 8 heteroatoms. The summed E-state index contributed by atoms with van der Waals surface area (Å²) in [6.07, 6.45) is 5.06. The Labute approximate surface area is 171 Å². The molecule has 0 radical (unpaired) electrons. The van der Waals surface area contributed by atoms with Gasteiger partial charge in [0.15, 0.2) is 6.61 Å². The van der Waals surface area contributed by atoms with Crippen LogP contribution in [0.15, 0.2) is 30.3 Å². The van der Waals surface area contributed by atoms with Gasteiger partial charge in [-0.3, -0.25) is 9.59 Å². The third-order valence-electron chi connectivity index (χ3n) is 4.62. The van der Waals surface area contributed by atoms with Gasteiger partial charge in [0, 0.05) is 11.0 Å². The summed E-state index contributed by atoms with van der Waals surface area (Å²) in [5.74, 6) is -1.79. The first-order valence-electron chi connectivity index (χ1n) is 9.18. The number of esters is 1. The van der Waals surface area contributed by atoms with Crippen molar-refractivity contribution < 1.29 is 23.5 Å². The van der Waals surface area contributed by atoms with Crippen molar-refractivity contribution in [3.63, 3.8) is 0 Å². The Kier molecular flexibility index (Phi) is 6.43. The van der Waals surface area contributed by atoms with E-state index >= 15 is 0 Å². The first-order valence-corrected chi connectivity index (χ1v) is 9.99. The van der Waals surface area contributed by atoms with E-state index in [0.29, 0.717) is 22.0 Å². The molecule has 3 rings (SSSR count). The number of fused-ring (bicyclic) bond motifs is 1. The van der Waals surface area contributed by atoms with Gasteiger partial charge in [0.05, 0.1) is 5.56 Å². The number of hydrogen-bond donors (Lipinski definition) is 2. The zero-order valence-electron chi connectivity index (χ0n) is 15.9. The molecule has 0 unspecified atom stereocenters. The molecule has 3 N–H and O–H groups in total. The molecule has 0 saturated heterocycles. The minimum atomic E-state index is -0.737. The van der Waals surface area contributed by atoms with Crippen molar-refractivity contribution in [2.45, 2.75) is 26.2 Å². The number of thiophene rings is 1. The Hall–Kier alpha value is -3.00. The number of amides is 2. The van der Waals surface area contributed by atoms with Crippen LogP contribution in [0.3, 0.4) is 0 Å². The minimum Gasteiger partial charge on any atom is -0.452 e. The first kappa shape index (κ1) is 20.7. The van der Waals surface area contributed by atoms with Gasteiger partial charge in [-0.2, -0.15) is 0 Å². The van der Waals surface area contributed by atoms with Gasteiger partial charge in [0.2, 0.25) is 0 Å². The van der Waals surface area contributed by atoms with Crippen LogP contribution < -0.4 is 11.1 Å². The van der Waals surface area contributed by atoms with E-state index in [2.05, 4.69) is 12.2 Å². The van der Waals surface area contributed by atoms with Crippen LogP contribution >= 0.6 is 11.3 Å². The lowest BCUT2D eigenvalue weighted by molar-refractivity contribution is -0.142. The number of nitrogens with two attached hydrogens (primary N) is 1. The van der Waals surface area contributed by atoms with E-state index in [0.717, 1.165) is 35.8 Å². The highest BCUT2D eigenvalue weighted by atomic mass is 32.1. The largest absolute Gasteiger partial charge is 0.452 e. The predicted octanol–water partition coefficient (Wildman–Crippen LogP) is 3.31. The van der Waals surface area contributed by atoms with Crippen molar-refractivity contribution in [3.8, 4) is 0 Å². The van der Waals surface area contributed by atoms with E-state index in [9.17, 15) is 18.8 Å². The summed E-state index contributed by atoms with van der Waals surface area (Å²) in [7, 11) is 0. The molecule has 0 spiro atoms. The molecule has 152 valence electrons. The molecule has 6 nitrogen and oxygen atoms in total. The normalized spacial score (nSPS) is 15.7. The number of ether oxygens (including phenoxy) is 1. The third kappa shape index (κ3) is 5.29. The molecule has 1 aliphatic rings. The van der Waals surface area contributed by atoms with Crippen molar-refractivity contribution in [2.24, 2.45) is 11.7 Å². The van der Waals surface area contributed by atoms with E-state index in [1.807, 2.05) is 0 Å². The number of halogens is 1. The molecule has 0 saturated carbocycles. The van der Waals surface area contributed by atoms with Gasteiger partial charge in [0.1, 0.15) is 10.8 Å². The number of nitrogens with one attached hydrogen (secondary N) is 1. The molecule has 0 fully saturated rings.